The van der Waals surface area contributed by atoms with Crippen LogP contribution in [-0.4, -0.2) is 34.3 Å². The van der Waals surface area contributed by atoms with Gasteiger partial charge in [0, 0.05) is 17.1 Å². The van der Waals surface area contributed by atoms with E-state index in [-0.39, 0.29) is 29.6 Å². The van der Waals surface area contributed by atoms with E-state index in [1.807, 2.05) is 13.8 Å². The Morgan fingerprint density at radius 3 is 2.29 bits per heavy atom. The van der Waals surface area contributed by atoms with E-state index >= 15 is 0 Å². The molecule has 2 aromatic carbocycles. The number of alkyl halides is 3. The number of hydrogen-bond donors (Lipinski definition) is 2. The highest BCUT2D eigenvalue weighted by Gasteiger charge is 2.30. The summed E-state index contributed by atoms with van der Waals surface area (Å²) in [5.74, 6) is -0.968. The molecule has 0 aliphatic heterocycles. The van der Waals surface area contributed by atoms with Crippen LogP contribution >= 0.6 is 11.6 Å². The van der Waals surface area contributed by atoms with Gasteiger partial charge < -0.3 is 14.9 Å². The van der Waals surface area contributed by atoms with Crippen LogP contribution in [0.1, 0.15) is 29.8 Å². The van der Waals surface area contributed by atoms with Crippen molar-refractivity contribution in [1.29, 1.82) is 0 Å². The minimum Gasteiger partial charge on any atom is -0.395 e. The summed E-state index contributed by atoms with van der Waals surface area (Å²) in [4.78, 5) is 14.9. The van der Waals surface area contributed by atoms with E-state index in [0.29, 0.717) is 5.56 Å². The molecule has 1 aromatic heterocycles. The summed E-state index contributed by atoms with van der Waals surface area (Å²) >= 11 is 5.51. The van der Waals surface area contributed by atoms with E-state index in [9.17, 15) is 22.4 Å². The van der Waals surface area contributed by atoms with E-state index in [0.717, 1.165) is 24.6 Å². The Labute approximate surface area is 180 Å². The van der Waals surface area contributed by atoms with Crippen LogP contribution in [0.3, 0.4) is 0 Å². The Hall–Kier alpha value is -2.98. The van der Waals surface area contributed by atoms with Crippen molar-refractivity contribution in [1.82, 2.24) is 15.5 Å². The van der Waals surface area contributed by atoms with E-state index in [1.54, 1.807) is 0 Å². The fraction of sp³-hybridized carbons (Fsp3) is 0.250. The maximum absolute atomic E-state index is 13.1. The maximum atomic E-state index is 13.1. The fourth-order valence-corrected chi connectivity index (χ4v) is 2.20. The summed E-state index contributed by atoms with van der Waals surface area (Å²) in [6, 6.07) is 8.34. The van der Waals surface area contributed by atoms with Gasteiger partial charge >= 0.3 is 6.18 Å². The number of aromatic nitrogens is 2. The lowest BCUT2D eigenvalue weighted by Crippen LogP contribution is -2.27. The van der Waals surface area contributed by atoms with Crippen LogP contribution in [0.2, 0.25) is 5.02 Å². The number of benzene rings is 2. The largest absolute Gasteiger partial charge is 0.416 e. The highest BCUT2D eigenvalue weighted by atomic mass is 35.5. The normalized spacial score (nSPS) is 10.3. The number of nitrogens with one attached hydrogen (secondary N) is 1. The smallest absolute Gasteiger partial charge is 0.395 e. The van der Waals surface area contributed by atoms with Crippen molar-refractivity contribution in [3.05, 3.63) is 70.8 Å². The zero-order chi connectivity index (χ0) is 23.4. The molecule has 3 aromatic rings. The van der Waals surface area contributed by atoms with E-state index in [2.05, 4.69) is 20.0 Å². The quantitative estimate of drug-likeness (QED) is 0.535. The SMILES string of the molecule is CC.FC(F)(F)c1ccc(-c2ncon2)cc1.O=C(NCCO)c1ccc(Cl)cc1F. The molecule has 0 atom stereocenters. The number of aliphatic hydroxyl groups excluding tert-OH is 1. The molecule has 0 bridgehead atoms. The van der Waals surface area contributed by atoms with Crippen molar-refractivity contribution in [3.8, 4) is 11.4 Å². The van der Waals surface area contributed by atoms with Gasteiger partial charge in [-0.05, 0) is 30.3 Å². The maximum Gasteiger partial charge on any atom is 0.416 e. The Bertz CT molecular complexity index is 934. The fourth-order valence-electron chi connectivity index (χ4n) is 2.04. The number of nitrogens with zero attached hydrogens (tertiary/aromatic N) is 2. The van der Waals surface area contributed by atoms with Crippen LogP contribution in [0, 0.1) is 5.82 Å². The summed E-state index contributed by atoms with van der Waals surface area (Å²) < 4.78 is 54.2. The standard InChI is InChI=1S/C9H9ClFNO2.C9H5F3N2O.C2H6/c10-6-1-2-7(8(11)5-6)9(14)12-3-4-13;10-9(11,12)7-3-1-6(2-4-7)8-13-5-15-14-8;1-2/h1-2,5,13H,3-4H2,(H,12,14);1-5H;1-2H3. The zero-order valence-corrected chi connectivity index (χ0v) is 17.3. The lowest BCUT2D eigenvalue weighted by atomic mass is 10.1. The number of halogens is 5. The van der Waals surface area contributed by atoms with Gasteiger partial charge in [0.05, 0.1) is 17.7 Å². The second-order valence-corrected chi connectivity index (χ2v) is 5.87. The van der Waals surface area contributed by atoms with Crippen molar-refractivity contribution in [3.63, 3.8) is 0 Å². The molecule has 0 spiro atoms. The molecule has 1 heterocycles. The summed E-state index contributed by atoms with van der Waals surface area (Å²) in [6.45, 7) is 3.92. The number of rotatable bonds is 4. The van der Waals surface area contributed by atoms with Crippen LogP contribution in [0.25, 0.3) is 11.4 Å². The van der Waals surface area contributed by atoms with Crippen molar-refractivity contribution in [2.45, 2.75) is 20.0 Å². The number of carbonyl (C=O) groups excluding carboxylic acids is 1. The van der Waals surface area contributed by atoms with Crippen molar-refractivity contribution < 1.29 is 32.0 Å². The van der Waals surface area contributed by atoms with Crippen LogP contribution in [0.5, 0.6) is 0 Å². The van der Waals surface area contributed by atoms with Crippen molar-refractivity contribution in [2.75, 3.05) is 13.2 Å². The predicted octanol–water partition coefficient (Wildman–Crippen LogP) is 4.98. The molecule has 31 heavy (non-hydrogen) atoms. The van der Waals surface area contributed by atoms with Crippen LogP contribution in [-0.2, 0) is 6.18 Å². The molecule has 0 fully saturated rings. The molecular weight excluding hydrogens is 442 g/mol. The molecule has 0 radical (unpaired) electrons. The first-order valence-corrected chi connectivity index (χ1v) is 9.38. The van der Waals surface area contributed by atoms with Gasteiger partial charge in [-0.25, -0.2) is 4.39 Å². The van der Waals surface area contributed by atoms with Gasteiger partial charge in [-0.3, -0.25) is 4.79 Å². The summed E-state index contributed by atoms with van der Waals surface area (Å²) in [7, 11) is 0. The summed E-state index contributed by atoms with van der Waals surface area (Å²) in [5, 5.41) is 14.5. The average molecular weight is 462 g/mol. The zero-order valence-electron chi connectivity index (χ0n) is 16.6. The minimum absolute atomic E-state index is 0.0807. The van der Waals surface area contributed by atoms with Crippen molar-refractivity contribution >= 4 is 17.5 Å². The Morgan fingerprint density at radius 2 is 1.81 bits per heavy atom. The van der Waals surface area contributed by atoms with E-state index in [4.69, 9.17) is 16.7 Å². The Balaban J connectivity index is 0.000000288. The molecule has 0 saturated heterocycles. The molecule has 0 unspecified atom stereocenters. The van der Waals surface area contributed by atoms with Gasteiger partial charge in [0.15, 0.2) is 0 Å². The number of carbonyl (C=O) groups is 1. The van der Waals surface area contributed by atoms with Crippen LogP contribution in [0.15, 0.2) is 53.4 Å². The second kappa shape index (κ2) is 12.7. The average Bonchev–Trinajstić information content (AvgIpc) is 3.28. The Morgan fingerprint density at radius 1 is 1.16 bits per heavy atom. The van der Waals surface area contributed by atoms with Crippen LogP contribution < -0.4 is 5.32 Å². The molecule has 0 aliphatic rings. The summed E-state index contributed by atoms with van der Waals surface area (Å²) in [5.41, 5.74) is -0.297. The van der Waals surface area contributed by atoms with E-state index < -0.39 is 23.5 Å². The molecule has 168 valence electrons. The first-order chi connectivity index (χ1) is 14.7. The first-order valence-electron chi connectivity index (χ1n) is 9.00. The van der Waals surface area contributed by atoms with Gasteiger partial charge in [0.2, 0.25) is 12.2 Å². The Kier molecular flexibility index (Phi) is 10.6. The van der Waals surface area contributed by atoms with Gasteiger partial charge in [0.25, 0.3) is 5.91 Å². The first kappa shape index (κ1) is 26.1. The molecule has 3 rings (SSSR count). The molecule has 2 N–H and O–H groups in total. The molecular formula is C20H20ClF4N3O3. The molecule has 0 saturated carbocycles. The third-order valence-corrected chi connectivity index (χ3v) is 3.64. The van der Waals surface area contributed by atoms with E-state index in [1.165, 1.54) is 24.3 Å². The predicted molar refractivity (Wildman–Crippen MR) is 107 cm³/mol. The molecule has 0 aliphatic carbocycles. The van der Waals surface area contributed by atoms with Gasteiger partial charge in [-0.15, -0.1) is 0 Å². The van der Waals surface area contributed by atoms with Gasteiger partial charge in [-0.2, -0.15) is 18.2 Å². The lowest BCUT2D eigenvalue weighted by molar-refractivity contribution is -0.137. The molecule has 11 heteroatoms. The second-order valence-electron chi connectivity index (χ2n) is 5.43. The van der Waals surface area contributed by atoms with Crippen molar-refractivity contribution in [2.24, 2.45) is 0 Å². The minimum atomic E-state index is -4.32. The van der Waals surface area contributed by atoms with Gasteiger partial charge in [-0.1, -0.05) is 42.7 Å². The third-order valence-electron chi connectivity index (χ3n) is 3.40. The summed E-state index contributed by atoms with van der Waals surface area (Å²) in [6.07, 6.45) is -3.21. The number of aliphatic hydroxyl groups is 1. The molecule has 6 nitrogen and oxygen atoms in total. The highest BCUT2D eigenvalue weighted by Crippen LogP contribution is 2.30. The lowest BCUT2D eigenvalue weighted by Gasteiger charge is -2.05. The monoisotopic (exact) mass is 461 g/mol. The third kappa shape index (κ3) is 8.35. The van der Waals surface area contributed by atoms with Gasteiger partial charge in [0.1, 0.15) is 5.82 Å². The number of amides is 1. The highest BCUT2D eigenvalue weighted by molar-refractivity contribution is 6.30. The van der Waals surface area contributed by atoms with Crippen LogP contribution in [0.4, 0.5) is 17.6 Å². The molecule has 1 amide bonds. The topological polar surface area (TPSA) is 88.2 Å². The number of hydrogen-bond acceptors (Lipinski definition) is 5.